The summed E-state index contributed by atoms with van der Waals surface area (Å²) in [7, 11) is 0. The van der Waals surface area contributed by atoms with Crippen molar-refractivity contribution in [2.24, 2.45) is 0 Å². The maximum atomic E-state index is 12.0. The van der Waals surface area contributed by atoms with Crippen LogP contribution in [0.4, 0.5) is 5.13 Å². The van der Waals surface area contributed by atoms with Crippen molar-refractivity contribution in [1.29, 1.82) is 0 Å². The molecular weight excluding hydrogens is 264 g/mol. The largest absolute Gasteiger partial charge is 0.469 e. The van der Waals surface area contributed by atoms with Crippen LogP contribution in [0.15, 0.2) is 44.9 Å². The Morgan fingerprint density at radius 1 is 1.32 bits per heavy atom. The Morgan fingerprint density at radius 2 is 2.21 bits per heavy atom. The molecule has 6 heteroatoms. The Kier molecular flexibility index (Phi) is 2.92. The molecule has 3 aromatic heterocycles. The second-order valence-electron chi connectivity index (χ2n) is 3.86. The summed E-state index contributed by atoms with van der Waals surface area (Å²) in [6, 6.07) is 5.24. The summed E-state index contributed by atoms with van der Waals surface area (Å²) in [5, 5.41) is 5.09. The van der Waals surface area contributed by atoms with Crippen LogP contribution in [0.5, 0.6) is 0 Å². The molecule has 0 aliphatic rings. The molecule has 0 aliphatic heterocycles. The number of nitrogens with zero attached hydrogens (tertiary/aromatic N) is 1. The van der Waals surface area contributed by atoms with Gasteiger partial charge >= 0.3 is 0 Å². The normalized spacial score (nSPS) is 10.6. The lowest BCUT2D eigenvalue weighted by molar-refractivity contribution is 0.102. The van der Waals surface area contributed by atoms with Gasteiger partial charge in [-0.25, -0.2) is 4.98 Å². The Labute approximate surface area is 112 Å². The zero-order valence-corrected chi connectivity index (χ0v) is 10.9. The first-order valence-electron chi connectivity index (χ1n) is 5.59. The smallest absolute Gasteiger partial charge is 0.260 e. The third-order valence-corrected chi connectivity index (χ3v) is 3.36. The van der Waals surface area contributed by atoms with Gasteiger partial charge in [-0.05, 0) is 25.1 Å². The molecule has 0 unspecified atom stereocenters. The Hall–Kier alpha value is -2.34. The number of aryl methyl sites for hydroxylation is 1. The molecule has 19 heavy (non-hydrogen) atoms. The van der Waals surface area contributed by atoms with Gasteiger partial charge in [-0.15, -0.1) is 11.3 Å². The number of rotatable bonds is 3. The van der Waals surface area contributed by atoms with Crippen molar-refractivity contribution in [1.82, 2.24) is 4.98 Å². The van der Waals surface area contributed by atoms with Gasteiger partial charge in [0.25, 0.3) is 5.91 Å². The van der Waals surface area contributed by atoms with Gasteiger partial charge in [0.2, 0.25) is 0 Å². The molecule has 3 rings (SSSR count). The fourth-order valence-electron chi connectivity index (χ4n) is 1.65. The monoisotopic (exact) mass is 274 g/mol. The Bertz CT molecular complexity index is 697. The van der Waals surface area contributed by atoms with Crippen LogP contribution in [-0.4, -0.2) is 10.9 Å². The molecular formula is C13H10N2O3S. The highest BCUT2D eigenvalue weighted by Gasteiger charge is 2.14. The first-order chi connectivity index (χ1) is 9.24. The topological polar surface area (TPSA) is 68.3 Å². The summed E-state index contributed by atoms with van der Waals surface area (Å²) >= 11 is 1.35. The van der Waals surface area contributed by atoms with Crippen molar-refractivity contribution >= 4 is 22.4 Å². The molecule has 0 saturated carbocycles. The van der Waals surface area contributed by atoms with E-state index in [9.17, 15) is 4.79 Å². The first kappa shape index (κ1) is 11.7. The highest BCUT2D eigenvalue weighted by Crippen LogP contribution is 2.25. The van der Waals surface area contributed by atoms with Crippen molar-refractivity contribution in [2.45, 2.75) is 6.92 Å². The van der Waals surface area contributed by atoms with Crippen LogP contribution < -0.4 is 5.32 Å². The van der Waals surface area contributed by atoms with Crippen LogP contribution in [0.2, 0.25) is 0 Å². The van der Waals surface area contributed by atoms with Gasteiger partial charge in [-0.2, -0.15) is 0 Å². The number of hydrogen-bond acceptors (Lipinski definition) is 5. The predicted molar refractivity (Wildman–Crippen MR) is 71.2 cm³/mol. The van der Waals surface area contributed by atoms with Crippen LogP contribution in [0, 0.1) is 6.92 Å². The zero-order valence-electron chi connectivity index (χ0n) is 10.0. The van der Waals surface area contributed by atoms with Crippen molar-refractivity contribution < 1.29 is 13.6 Å². The van der Waals surface area contributed by atoms with Crippen LogP contribution >= 0.6 is 11.3 Å². The van der Waals surface area contributed by atoms with E-state index in [1.165, 1.54) is 17.6 Å². The number of carbonyl (C=O) groups excluding carboxylic acids is 1. The summed E-state index contributed by atoms with van der Waals surface area (Å²) in [4.78, 5) is 16.3. The van der Waals surface area contributed by atoms with E-state index in [1.807, 2.05) is 11.4 Å². The van der Waals surface area contributed by atoms with Gasteiger partial charge in [-0.1, -0.05) is 0 Å². The molecule has 0 aromatic carbocycles. The van der Waals surface area contributed by atoms with Crippen molar-refractivity contribution in [2.75, 3.05) is 5.32 Å². The quantitative estimate of drug-likeness (QED) is 0.793. The minimum Gasteiger partial charge on any atom is -0.469 e. The summed E-state index contributed by atoms with van der Waals surface area (Å²) < 4.78 is 10.3. The molecule has 5 nitrogen and oxygen atoms in total. The number of aromatic nitrogens is 1. The summed E-state index contributed by atoms with van der Waals surface area (Å²) in [5.74, 6) is 1.03. The van der Waals surface area contributed by atoms with E-state index in [0.717, 1.165) is 0 Å². The average Bonchev–Trinajstić information content (AvgIpc) is 3.07. The van der Waals surface area contributed by atoms with Gasteiger partial charge in [-0.3, -0.25) is 10.1 Å². The number of thiazole rings is 1. The highest BCUT2D eigenvalue weighted by atomic mass is 32.1. The van der Waals surface area contributed by atoms with Crippen molar-refractivity contribution in [3.63, 3.8) is 0 Å². The number of nitrogens with one attached hydrogen (secondary N) is 1. The average molecular weight is 274 g/mol. The lowest BCUT2D eigenvalue weighted by Gasteiger charge is -1.99. The van der Waals surface area contributed by atoms with E-state index >= 15 is 0 Å². The standard InChI is InChI=1S/C13H10N2O3S/c1-8-9(4-6-17-8)12(16)15-13-14-10(7-19-13)11-3-2-5-18-11/h2-7H,1H3,(H,14,15,16). The minimum absolute atomic E-state index is 0.230. The van der Waals surface area contributed by atoms with E-state index in [2.05, 4.69) is 10.3 Å². The number of furan rings is 2. The molecule has 0 atom stereocenters. The number of anilines is 1. The summed E-state index contributed by atoms with van der Waals surface area (Å²) in [5.41, 5.74) is 1.21. The van der Waals surface area contributed by atoms with Crippen LogP contribution in [0.3, 0.4) is 0 Å². The van der Waals surface area contributed by atoms with Gasteiger partial charge in [0.15, 0.2) is 10.9 Å². The molecule has 0 saturated heterocycles. The van der Waals surface area contributed by atoms with E-state index in [1.54, 1.807) is 25.3 Å². The molecule has 0 bridgehead atoms. The fourth-order valence-corrected chi connectivity index (χ4v) is 2.35. The molecule has 0 spiro atoms. The summed E-state index contributed by atoms with van der Waals surface area (Å²) in [6.45, 7) is 1.74. The van der Waals surface area contributed by atoms with Gasteiger partial charge in [0.05, 0.1) is 18.1 Å². The molecule has 3 aromatic rings. The van der Waals surface area contributed by atoms with Crippen molar-refractivity contribution in [3.8, 4) is 11.5 Å². The maximum Gasteiger partial charge on any atom is 0.260 e. The molecule has 1 N–H and O–H groups in total. The summed E-state index contributed by atoms with van der Waals surface area (Å²) in [6.07, 6.45) is 3.07. The van der Waals surface area contributed by atoms with Crippen LogP contribution in [-0.2, 0) is 0 Å². The van der Waals surface area contributed by atoms with E-state index in [-0.39, 0.29) is 5.91 Å². The lowest BCUT2D eigenvalue weighted by Crippen LogP contribution is -2.11. The molecule has 3 heterocycles. The minimum atomic E-state index is -0.230. The second-order valence-corrected chi connectivity index (χ2v) is 4.72. The van der Waals surface area contributed by atoms with Crippen LogP contribution in [0.25, 0.3) is 11.5 Å². The Morgan fingerprint density at radius 3 is 2.89 bits per heavy atom. The third kappa shape index (κ3) is 2.30. The number of amides is 1. The number of carbonyl (C=O) groups is 1. The third-order valence-electron chi connectivity index (χ3n) is 2.60. The Balaban J connectivity index is 1.78. The van der Waals surface area contributed by atoms with E-state index in [0.29, 0.717) is 27.9 Å². The second kappa shape index (κ2) is 4.74. The maximum absolute atomic E-state index is 12.0. The van der Waals surface area contributed by atoms with Crippen LogP contribution in [0.1, 0.15) is 16.1 Å². The fraction of sp³-hybridized carbons (Fsp3) is 0.0769. The van der Waals surface area contributed by atoms with Gasteiger partial charge in [0, 0.05) is 5.38 Å². The molecule has 96 valence electrons. The van der Waals surface area contributed by atoms with E-state index in [4.69, 9.17) is 8.83 Å². The predicted octanol–water partition coefficient (Wildman–Crippen LogP) is 3.56. The molecule has 0 fully saturated rings. The first-order valence-corrected chi connectivity index (χ1v) is 6.47. The molecule has 0 radical (unpaired) electrons. The van der Waals surface area contributed by atoms with Crippen molar-refractivity contribution in [3.05, 3.63) is 47.4 Å². The lowest BCUT2D eigenvalue weighted by atomic mass is 10.2. The molecule has 0 aliphatic carbocycles. The van der Waals surface area contributed by atoms with Gasteiger partial charge in [0.1, 0.15) is 11.5 Å². The highest BCUT2D eigenvalue weighted by molar-refractivity contribution is 7.14. The number of hydrogen-bond donors (Lipinski definition) is 1. The zero-order chi connectivity index (χ0) is 13.2. The SMILES string of the molecule is Cc1occc1C(=O)Nc1nc(-c2ccco2)cs1. The van der Waals surface area contributed by atoms with Gasteiger partial charge < -0.3 is 8.83 Å². The molecule has 1 amide bonds. The van der Waals surface area contributed by atoms with E-state index < -0.39 is 0 Å².